The summed E-state index contributed by atoms with van der Waals surface area (Å²) in [5.41, 5.74) is 0.904. The first-order valence-corrected chi connectivity index (χ1v) is 8.75. The number of aromatic nitrogens is 4. The van der Waals surface area contributed by atoms with E-state index in [9.17, 15) is 19.5 Å². The SMILES string of the molecule is CCc1cc(=O)[nH]c(-n2nc(C)cc2NC(=O)[C@H]2CC=CC[C@H]2C(=O)O)n1. The molecule has 2 aromatic rings. The minimum absolute atomic E-state index is 0.195. The summed E-state index contributed by atoms with van der Waals surface area (Å²) in [6, 6.07) is 3.05. The molecule has 0 aromatic carbocycles. The summed E-state index contributed by atoms with van der Waals surface area (Å²) in [4.78, 5) is 43.0. The van der Waals surface area contributed by atoms with Gasteiger partial charge in [0.1, 0.15) is 5.82 Å². The number of aliphatic carboxylic acids is 1. The molecular weight excluding hydrogens is 350 g/mol. The average Bonchev–Trinajstić information content (AvgIpc) is 3.01. The normalized spacial score (nSPS) is 19.0. The molecule has 0 aliphatic heterocycles. The van der Waals surface area contributed by atoms with Crippen LogP contribution in [0.2, 0.25) is 0 Å². The van der Waals surface area contributed by atoms with E-state index in [1.54, 1.807) is 19.1 Å². The van der Waals surface area contributed by atoms with E-state index in [4.69, 9.17) is 0 Å². The van der Waals surface area contributed by atoms with Gasteiger partial charge < -0.3 is 10.4 Å². The minimum Gasteiger partial charge on any atom is -0.481 e. The highest BCUT2D eigenvalue weighted by Crippen LogP contribution is 2.27. The van der Waals surface area contributed by atoms with Gasteiger partial charge in [-0.3, -0.25) is 19.4 Å². The van der Waals surface area contributed by atoms with E-state index in [1.165, 1.54) is 10.7 Å². The van der Waals surface area contributed by atoms with Crippen molar-refractivity contribution in [2.45, 2.75) is 33.1 Å². The highest BCUT2D eigenvalue weighted by Gasteiger charge is 2.34. The Morgan fingerprint density at radius 1 is 1.30 bits per heavy atom. The van der Waals surface area contributed by atoms with Crippen LogP contribution in [-0.2, 0) is 16.0 Å². The molecule has 0 saturated carbocycles. The van der Waals surface area contributed by atoms with Crippen LogP contribution < -0.4 is 10.9 Å². The zero-order chi connectivity index (χ0) is 19.6. The lowest BCUT2D eigenvalue weighted by Crippen LogP contribution is -2.35. The lowest BCUT2D eigenvalue weighted by Gasteiger charge is -2.24. The van der Waals surface area contributed by atoms with Crippen LogP contribution in [0.1, 0.15) is 31.2 Å². The van der Waals surface area contributed by atoms with Crippen molar-refractivity contribution in [1.82, 2.24) is 19.7 Å². The predicted octanol–water partition coefficient (Wildman–Crippen LogP) is 1.43. The molecule has 1 aliphatic carbocycles. The van der Waals surface area contributed by atoms with Gasteiger partial charge in [-0.25, -0.2) is 4.98 Å². The maximum absolute atomic E-state index is 12.7. The first kappa shape index (κ1) is 18.6. The maximum Gasteiger partial charge on any atom is 0.307 e. The summed E-state index contributed by atoms with van der Waals surface area (Å²) >= 11 is 0. The molecule has 2 aromatic heterocycles. The van der Waals surface area contributed by atoms with E-state index in [0.717, 1.165) is 0 Å². The number of aryl methyl sites for hydroxylation is 2. The molecule has 0 saturated heterocycles. The lowest BCUT2D eigenvalue weighted by molar-refractivity contribution is -0.146. The number of nitrogens with zero attached hydrogens (tertiary/aromatic N) is 3. The zero-order valence-corrected chi connectivity index (χ0v) is 15.1. The van der Waals surface area contributed by atoms with Crippen molar-refractivity contribution >= 4 is 17.7 Å². The zero-order valence-electron chi connectivity index (χ0n) is 15.1. The first-order valence-electron chi connectivity index (χ1n) is 8.75. The van der Waals surface area contributed by atoms with Crippen LogP contribution in [0.4, 0.5) is 5.82 Å². The van der Waals surface area contributed by atoms with Gasteiger partial charge in [0.25, 0.3) is 5.56 Å². The summed E-state index contributed by atoms with van der Waals surface area (Å²) in [5.74, 6) is -2.32. The molecule has 27 heavy (non-hydrogen) atoms. The molecule has 0 spiro atoms. The topological polar surface area (TPSA) is 130 Å². The summed E-state index contributed by atoms with van der Waals surface area (Å²) in [6.45, 7) is 3.63. The molecule has 3 N–H and O–H groups in total. The quantitative estimate of drug-likeness (QED) is 0.682. The second-order valence-electron chi connectivity index (χ2n) is 6.48. The van der Waals surface area contributed by atoms with Gasteiger partial charge in [0.2, 0.25) is 11.9 Å². The van der Waals surface area contributed by atoms with Crippen molar-refractivity contribution < 1.29 is 14.7 Å². The number of H-pyrrole nitrogens is 1. The molecule has 9 nitrogen and oxygen atoms in total. The van der Waals surface area contributed by atoms with Crippen LogP contribution >= 0.6 is 0 Å². The predicted molar refractivity (Wildman–Crippen MR) is 97.7 cm³/mol. The smallest absolute Gasteiger partial charge is 0.307 e. The number of amides is 1. The first-order chi connectivity index (χ1) is 12.9. The van der Waals surface area contributed by atoms with E-state index in [1.807, 2.05) is 13.0 Å². The van der Waals surface area contributed by atoms with Crippen LogP contribution in [0.3, 0.4) is 0 Å². The van der Waals surface area contributed by atoms with Crippen molar-refractivity contribution in [3.05, 3.63) is 46.0 Å². The van der Waals surface area contributed by atoms with E-state index in [0.29, 0.717) is 36.5 Å². The minimum atomic E-state index is -0.995. The van der Waals surface area contributed by atoms with Crippen molar-refractivity contribution in [1.29, 1.82) is 0 Å². The van der Waals surface area contributed by atoms with Crippen molar-refractivity contribution in [3.8, 4) is 5.95 Å². The lowest BCUT2D eigenvalue weighted by atomic mass is 9.82. The van der Waals surface area contributed by atoms with Gasteiger partial charge in [-0.05, 0) is 26.2 Å². The molecule has 0 fully saturated rings. The number of rotatable bonds is 5. The van der Waals surface area contributed by atoms with E-state index >= 15 is 0 Å². The number of hydrogen-bond donors (Lipinski definition) is 3. The second kappa shape index (κ2) is 7.56. The van der Waals surface area contributed by atoms with E-state index in [-0.39, 0.29) is 11.5 Å². The van der Waals surface area contributed by atoms with Gasteiger partial charge in [-0.1, -0.05) is 19.1 Å². The molecule has 1 aliphatic rings. The number of carbonyl (C=O) groups excluding carboxylic acids is 1. The Morgan fingerprint density at radius 2 is 2.00 bits per heavy atom. The van der Waals surface area contributed by atoms with Crippen LogP contribution in [-0.4, -0.2) is 36.7 Å². The van der Waals surface area contributed by atoms with Crippen molar-refractivity contribution in [2.75, 3.05) is 5.32 Å². The number of anilines is 1. The third-order valence-corrected chi connectivity index (χ3v) is 4.51. The third-order valence-electron chi connectivity index (χ3n) is 4.51. The van der Waals surface area contributed by atoms with Gasteiger partial charge in [0, 0.05) is 17.8 Å². The molecule has 3 rings (SSSR count). The summed E-state index contributed by atoms with van der Waals surface area (Å²) < 4.78 is 1.35. The Labute approximate surface area is 155 Å². The Hall–Kier alpha value is -3.23. The van der Waals surface area contributed by atoms with E-state index < -0.39 is 23.7 Å². The fourth-order valence-electron chi connectivity index (χ4n) is 3.12. The summed E-state index contributed by atoms with van der Waals surface area (Å²) in [5, 5.41) is 16.4. The summed E-state index contributed by atoms with van der Waals surface area (Å²) in [7, 11) is 0. The Kier molecular flexibility index (Phi) is 5.20. The highest BCUT2D eigenvalue weighted by atomic mass is 16.4. The molecule has 142 valence electrons. The number of allylic oxidation sites excluding steroid dienone is 2. The van der Waals surface area contributed by atoms with E-state index in [2.05, 4.69) is 20.4 Å². The number of nitrogens with one attached hydrogen (secondary N) is 2. The number of aromatic amines is 1. The Morgan fingerprint density at radius 3 is 2.67 bits per heavy atom. The molecule has 1 amide bonds. The van der Waals surface area contributed by atoms with Crippen LogP contribution in [0, 0.1) is 18.8 Å². The largest absolute Gasteiger partial charge is 0.481 e. The molecule has 0 bridgehead atoms. The van der Waals surface area contributed by atoms with Gasteiger partial charge in [0.05, 0.1) is 17.5 Å². The van der Waals surface area contributed by atoms with Gasteiger partial charge >= 0.3 is 5.97 Å². The number of carboxylic acid groups (broad SMARTS) is 1. The fourth-order valence-corrected chi connectivity index (χ4v) is 3.12. The van der Waals surface area contributed by atoms with Crippen molar-refractivity contribution in [2.24, 2.45) is 11.8 Å². The highest BCUT2D eigenvalue weighted by molar-refractivity contribution is 5.95. The van der Waals surface area contributed by atoms with Crippen LogP contribution in [0.25, 0.3) is 5.95 Å². The fraction of sp³-hybridized carbons (Fsp3) is 0.389. The molecule has 2 atom stereocenters. The average molecular weight is 371 g/mol. The number of hydrogen-bond acceptors (Lipinski definition) is 5. The number of carboxylic acids is 1. The second-order valence-corrected chi connectivity index (χ2v) is 6.48. The Bertz CT molecular complexity index is 959. The molecular formula is C18H21N5O4. The summed E-state index contributed by atoms with van der Waals surface area (Å²) in [6.07, 6.45) is 4.85. The standard InChI is InChI=1S/C18H21N5O4/c1-3-11-9-15(24)21-18(19-11)23-14(8-10(2)22-23)20-16(25)12-6-4-5-7-13(12)17(26)27/h4-5,8-9,12-13H,3,6-7H2,1-2H3,(H,20,25)(H,26,27)(H,19,21,24)/t12-,13+/m0/s1. The van der Waals surface area contributed by atoms with Crippen LogP contribution in [0.5, 0.6) is 0 Å². The maximum atomic E-state index is 12.7. The van der Waals surface area contributed by atoms with Gasteiger partial charge in [-0.2, -0.15) is 9.78 Å². The Balaban J connectivity index is 1.91. The van der Waals surface area contributed by atoms with Gasteiger partial charge in [0.15, 0.2) is 0 Å². The number of carbonyl (C=O) groups is 2. The molecule has 0 radical (unpaired) electrons. The van der Waals surface area contributed by atoms with Crippen molar-refractivity contribution in [3.63, 3.8) is 0 Å². The third kappa shape index (κ3) is 3.97. The molecule has 9 heteroatoms. The van der Waals surface area contributed by atoms with Crippen LogP contribution in [0.15, 0.2) is 29.1 Å². The molecule has 2 heterocycles. The monoisotopic (exact) mass is 371 g/mol. The van der Waals surface area contributed by atoms with Gasteiger partial charge in [-0.15, -0.1) is 0 Å². The molecule has 0 unspecified atom stereocenters.